The predicted octanol–water partition coefficient (Wildman–Crippen LogP) is 2.23. The van der Waals surface area contributed by atoms with Gasteiger partial charge < -0.3 is 14.4 Å². The van der Waals surface area contributed by atoms with Crippen LogP contribution in [0.3, 0.4) is 0 Å². The highest BCUT2D eigenvalue weighted by molar-refractivity contribution is 5.61. The van der Waals surface area contributed by atoms with Crippen LogP contribution in [0.15, 0.2) is 28.8 Å². The Labute approximate surface area is 123 Å². The fourth-order valence-electron chi connectivity index (χ4n) is 2.51. The normalized spacial score (nSPS) is 19.8. The minimum absolute atomic E-state index is 0.130. The van der Waals surface area contributed by atoms with E-state index in [1.807, 2.05) is 6.07 Å². The predicted molar refractivity (Wildman–Crippen MR) is 76.8 cm³/mol. The number of benzene rings is 1. The summed E-state index contributed by atoms with van der Waals surface area (Å²) in [5.74, 6) is 0.984. The average Bonchev–Trinajstić information content (AvgIpc) is 2.98. The Morgan fingerprint density at radius 3 is 3.05 bits per heavy atom. The summed E-state index contributed by atoms with van der Waals surface area (Å²) in [6.45, 7) is 5.59. The van der Waals surface area contributed by atoms with Gasteiger partial charge in [0.25, 0.3) is 5.89 Å². The molecule has 1 atom stereocenters. The standard InChI is InChI=1S/C15H19N3O3/c1-2-7-18-8-9-20-13(10-18)14-16-15(21-17-14)11-5-3-4-6-12(11)19/h3-6,13,19H,2,7-10H2,1H3. The zero-order valence-electron chi connectivity index (χ0n) is 12.0. The molecule has 0 spiro atoms. The number of phenols is 1. The molecule has 6 heteroatoms. The van der Waals surface area contributed by atoms with Gasteiger partial charge in [0, 0.05) is 13.1 Å². The fourth-order valence-corrected chi connectivity index (χ4v) is 2.51. The number of nitrogens with zero attached hydrogens (tertiary/aromatic N) is 3. The Morgan fingerprint density at radius 2 is 2.24 bits per heavy atom. The molecule has 0 bridgehead atoms. The molecule has 1 aliphatic heterocycles. The molecule has 2 aromatic rings. The topological polar surface area (TPSA) is 71.6 Å². The maximum atomic E-state index is 9.83. The van der Waals surface area contributed by atoms with E-state index in [1.165, 1.54) is 0 Å². The fraction of sp³-hybridized carbons (Fsp3) is 0.467. The van der Waals surface area contributed by atoms with Crippen molar-refractivity contribution in [3.05, 3.63) is 30.1 Å². The van der Waals surface area contributed by atoms with Gasteiger partial charge in [-0.1, -0.05) is 24.2 Å². The van der Waals surface area contributed by atoms with Gasteiger partial charge >= 0.3 is 0 Å². The molecule has 21 heavy (non-hydrogen) atoms. The number of rotatable bonds is 4. The maximum absolute atomic E-state index is 9.83. The number of hydrogen-bond donors (Lipinski definition) is 1. The average molecular weight is 289 g/mol. The highest BCUT2D eigenvalue weighted by Gasteiger charge is 2.26. The van der Waals surface area contributed by atoms with Crippen molar-refractivity contribution in [3.63, 3.8) is 0 Å². The van der Waals surface area contributed by atoms with Crippen LogP contribution in [-0.2, 0) is 4.74 Å². The Hall–Kier alpha value is -1.92. The van der Waals surface area contributed by atoms with Gasteiger partial charge in [-0.05, 0) is 25.1 Å². The first-order valence-corrected chi connectivity index (χ1v) is 7.24. The first kappa shape index (κ1) is 14.0. The second kappa shape index (κ2) is 6.24. The van der Waals surface area contributed by atoms with Crippen LogP contribution in [0.5, 0.6) is 5.75 Å². The van der Waals surface area contributed by atoms with Crippen molar-refractivity contribution in [1.29, 1.82) is 0 Å². The van der Waals surface area contributed by atoms with Crippen LogP contribution >= 0.6 is 0 Å². The molecule has 112 valence electrons. The molecular formula is C15H19N3O3. The van der Waals surface area contributed by atoms with E-state index in [1.54, 1.807) is 18.2 Å². The summed E-state index contributed by atoms with van der Waals surface area (Å²) in [6.07, 6.45) is 0.941. The zero-order valence-corrected chi connectivity index (χ0v) is 12.0. The highest BCUT2D eigenvalue weighted by atomic mass is 16.5. The quantitative estimate of drug-likeness (QED) is 0.930. The molecule has 0 amide bonds. The van der Waals surface area contributed by atoms with Crippen molar-refractivity contribution < 1.29 is 14.4 Å². The molecule has 1 fully saturated rings. The largest absolute Gasteiger partial charge is 0.507 e. The number of aromatic nitrogens is 2. The molecule has 0 radical (unpaired) electrons. The van der Waals surface area contributed by atoms with E-state index >= 15 is 0 Å². The van der Waals surface area contributed by atoms with Gasteiger partial charge in [0.1, 0.15) is 11.9 Å². The summed E-state index contributed by atoms with van der Waals surface area (Å²) in [7, 11) is 0. The lowest BCUT2D eigenvalue weighted by Gasteiger charge is -2.30. The first-order chi connectivity index (χ1) is 10.3. The Kier molecular flexibility index (Phi) is 4.17. The smallest absolute Gasteiger partial charge is 0.261 e. The van der Waals surface area contributed by atoms with Gasteiger partial charge in [-0.15, -0.1) is 0 Å². The number of para-hydroxylation sites is 1. The second-order valence-corrected chi connectivity index (χ2v) is 5.13. The van der Waals surface area contributed by atoms with Crippen LogP contribution in [0.25, 0.3) is 11.5 Å². The molecule has 0 aliphatic carbocycles. The molecule has 1 N–H and O–H groups in total. The maximum Gasteiger partial charge on any atom is 0.261 e. The van der Waals surface area contributed by atoms with Crippen molar-refractivity contribution in [3.8, 4) is 17.2 Å². The molecule has 0 saturated carbocycles. The van der Waals surface area contributed by atoms with E-state index < -0.39 is 0 Å². The van der Waals surface area contributed by atoms with Crippen LogP contribution in [0.2, 0.25) is 0 Å². The molecule has 1 aromatic carbocycles. The molecule has 1 saturated heterocycles. The van der Waals surface area contributed by atoms with Gasteiger partial charge in [-0.3, -0.25) is 4.90 Å². The van der Waals surface area contributed by atoms with Gasteiger partial charge in [0.2, 0.25) is 5.82 Å². The summed E-state index contributed by atoms with van der Waals surface area (Å²) < 4.78 is 11.0. The van der Waals surface area contributed by atoms with E-state index in [2.05, 4.69) is 22.0 Å². The van der Waals surface area contributed by atoms with Gasteiger partial charge in [-0.2, -0.15) is 4.98 Å². The molecule has 1 aromatic heterocycles. The Balaban J connectivity index is 1.77. The second-order valence-electron chi connectivity index (χ2n) is 5.13. The molecule has 6 nitrogen and oxygen atoms in total. The van der Waals surface area contributed by atoms with Crippen LogP contribution < -0.4 is 0 Å². The number of morpholine rings is 1. The van der Waals surface area contributed by atoms with Gasteiger partial charge in [0.05, 0.1) is 12.2 Å². The lowest BCUT2D eigenvalue weighted by atomic mass is 10.2. The molecule has 1 unspecified atom stereocenters. The minimum Gasteiger partial charge on any atom is -0.507 e. The number of phenolic OH excluding ortho intramolecular Hbond substituents is 1. The third kappa shape index (κ3) is 3.06. The lowest BCUT2D eigenvalue weighted by molar-refractivity contribution is -0.0350. The Bertz CT molecular complexity index is 597. The highest BCUT2D eigenvalue weighted by Crippen LogP contribution is 2.29. The molecular weight excluding hydrogens is 270 g/mol. The molecule has 2 heterocycles. The lowest BCUT2D eigenvalue weighted by Crippen LogP contribution is -2.39. The third-order valence-electron chi connectivity index (χ3n) is 3.55. The van der Waals surface area contributed by atoms with E-state index in [9.17, 15) is 5.11 Å². The molecule has 3 rings (SSSR count). The SMILES string of the molecule is CCCN1CCOC(c2noc(-c3ccccc3O)n2)C1. The van der Waals surface area contributed by atoms with Crippen LogP contribution in [-0.4, -0.2) is 46.4 Å². The number of ether oxygens (including phenoxy) is 1. The minimum atomic E-state index is -0.173. The summed E-state index contributed by atoms with van der Waals surface area (Å²) in [5, 5.41) is 13.8. The van der Waals surface area contributed by atoms with Crippen molar-refractivity contribution in [2.24, 2.45) is 0 Å². The van der Waals surface area contributed by atoms with Crippen LogP contribution in [0.4, 0.5) is 0 Å². The zero-order chi connectivity index (χ0) is 14.7. The van der Waals surface area contributed by atoms with E-state index in [4.69, 9.17) is 9.26 Å². The Morgan fingerprint density at radius 1 is 1.38 bits per heavy atom. The summed E-state index contributed by atoms with van der Waals surface area (Å²) in [4.78, 5) is 6.71. The van der Waals surface area contributed by atoms with Gasteiger partial charge in [-0.25, -0.2) is 0 Å². The third-order valence-corrected chi connectivity index (χ3v) is 3.55. The van der Waals surface area contributed by atoms with Gasteiger partial charge in [0.15, 0.2) is 0 Å². The van der Waals surface area contributed by atoms with Crippen LogP contribution in [0, 0.1) is 0 Å². The van der Waals surface area contributed by atoms with Crippen molar-refractivity contribution in [2.75, 3.05) is 26.2 Å². The molecule has 1 aliphatic rings. The van der Waals surface area contributed by atoms with Crippen LogP contribution in [0.1, 0.15) is 25.3 Å². The first-order valence-electron chi connectivity index (χ1n) is 7.24. The monoisotopic (exact) mass is 289 g/mol. The summed E-state index contributed by atoms with van der Waals surface area (Å²) in [6, 6.07) is 6.92. The van der Waals surface area contributed by atoms with E-state index in [0.717, 1.165) is 26.1 Å². The van der Waals surface area contributed by atoms with Crippen molar-refractivity contribution >= 4 is 0 Å². The van der Waals surface area contributed by atoms with E-state index in [-0.39, 0.29) is 11.9 Å². The van der Waals surface area contributed by atoms with Crippen molar-refractivity contribution in [2.45, 2.75) is 19.4 Å². The number of aromatic hydroxyl groups is 1. The van der Waals surface area contributed by atoms with Crippen molar-refractivity contribution in [1.82, 2.24) is 15.0 Å². The summed E-state index contributed by atoms with van der Waals surface area (Å²) in [5.41, 5.74) is 0.539. The summed E-state index contributed by atoms with van der Waals surface area (Å²) >= 11 is 0. The number of hydrogen-bond acceptors (Lipinski definition) is 6. The van der Waals surface area contributed by atoms with E-state index in [0.29, 0.717) is 23.9 Å².